The van der Waals surface area contributed by atoms with Crippen LogP contribution < -0.4 is 10.6 Å². The number of furan rings is 1. The van der Waals surface area contributed by atoms with E-state index in [1.54, 1.807) is 48.9 Å². The van der Waals surface area contributed by atoms with E-state index in [9.17, 15) is 9.59 Å². The average molecular weight is 485 g/mol. The van der Waals surface area contributed by atoms with Crippen molar-refractivity contribution in [2.24, 2.45) is 0 Å². The Bertz CT molecular complexity index is 1390. The molecule has 0 spiro atoms. The van der Waals surface area contributed by atoms with Gasteiger partial charge in [0.05, 0.1) is 21.4 Å². The Morgan fingerprint density at radius 2 is 1.79 bits per heavy atom. The van der Waals surface area contributed by atoms with Crippen molar-refractivity contribution in [1.82, 2.24) is 9.78 Å². The van der Waals surface area contributed by atoms with Crippen molar-refractivity contribution < 1.29 is 14.0 Å². The summed E-state index contributed by atoms with van der Waals surface area (Å²) in [5, 5.41) is 11.4. The maximum atomic E-state index is 12.8. The Morgan fingerprint density at radius 3 is 2.42 bits per heavy atom. The first-order valence-electron chi connectivity index (χ1n) is 10.3. The smallest absolute Gasteiger partial charge is 0.291 e. The molecule has 0 bridgehead atoms. The monoisotopic (exact) mass is 484 g/mol. The number of halogens is 2. The van der Waals surface area contributed by atoms with Gasteiger partial charge in [0.1, 0.15) is 6.04 Å². The largest absolute Gasteiger partial charge is 0.449 e. The van der Waals surface area contributed by atoms with Crippen molar-refractivity contribution in [3.63, 3.8) is 0 Å². The minimum atomic E-state index is -0.517. The number of aromatic nitrogens is 2. The minimum Gasteiger partial charge on any atom is -0.449 e. The highest BCUT2D eigenvalue weighted by molar-refractivity contribution is 6.35. The highest BCUT2D eigenvalue weighted by Crippen LogP contribution is 2.32. The number of carbonyl (C=O) groups excluding carboxylic acids is 2. The number of anilines is 2. The van der Waals surface area contributed by atoms with Crippen LogP contribution in [0.15, 0.2) is 46.9 Å². The molecule has 7 nitrogen and oxygen atoms in total. The molecule has 2 aromatic carbocycles. The van der Waals surface area contributed by atoms with Gasteiger partial charge in [0.25, 0.3) is 5.91 Å². The summed E-state index contributed by atoms with van der Waals surface area (Å²) >= 11 is 12.6. The molecule has 2 aromatic heterocycles. The van der Waals surface area contributed by atoms with Crippen LogP contribution in [0.5, 0.6) is 0 Å². The van der Waals surface area contributed by atoms with Crippen molar-refractivity contribution in [2.45, 2.75) is 33.7 Å². The Kier molecular flexibility index (Phi) is 6.19. The zero-order valence-electron chi connectivity index (χ0n) is 18.5. The molecule has 0 saturated heterocycles. The van der Waals surface area contributed by atoms with Crippen LogP contribution in [0.4, 0.5) is 11.4 Å². The number of fused-ring (bicyclic) bond motifs is 1. The molecule has 0 aliphatic carbocycles. The molecule has 4 rings (SSSR count). The number of amides is 2. The van der Waals surface area contributed by atoms with E-state index in [1.165, 1.54) is 0 Å². The van der Waals surface area contributed by atoms with E-state index in [0.717, 1.165) is 16.8 Å². The van der Waals surface area contributed by atoms with Crippen molar-refractivity contribution >= 4 is 57.4 Å². The molecule has 0 radical (unpaired) electrons. The summed E-state index contributed by atoms with van der Waals surface area (Å²) in [5.74, 6) is -0.509. The van der Waals surface area contributed by atoms with Crippen LogP contribution in [0.2, 0.25) is 10.0 Å². The zero-order valence-corrected chi connectivity index (χ0v) is 20.0. The average Bonchev–Trinajstić information content (AvgIpc) is 3.29. The van der Waals surface area contributed by atoms with Gasteiger partial charge in [-0.2, -0.15) is 5.10 Å². The van der Waals surface area contributed by atoms with Gasteiger partial charge in [0.2, 0.25) is 5.91 Å². The lowest BCUT2D eigenvalue weighted by Gasteiger charge is -2.15. The lowest BCUT2D eigenvalue weighted by molar-refractivity contribution is -0.119. The number of para-hydroxylation sites is 1. The third-order valence-corrected chi connectivity index (χ3v) is 6.01. The van der Waals surface area contributed by atoms with E-state index < -0.39 is 11.9 Å². The number of hydrogen-bond donors (Lipinski definition) is 2. The van der Waals surface area contributed by atoms with Gasteiger partial charge in [-0.3, -0.25) is 14.3 Å². The van der Waals surface area contributed by atoms with Crippen molar-refractivity contribution in [2.75, 3.05) is 10.6 Å². The Labute approximate surface area is 200 Å². The van der Waals surface area contributed by atoms with Crippen LogP contribution in [-0.4, -0.2) is 21.6 Å². The van der Waals surface area contributed by atoms with E-state index in [2.05, 4.69) is 15.7 Å². The summed E-state index contributed by atoms with van der Waals surface area (Å²) in [7, 11) is 0. The molecule has 1 unspecified atom stereocenters. The third-order valence-electron chi connectivity index (χ3n) is 5.40. The zero-order chi connectivity index (χ0) is 23.9. The second-order valence-electron chi connectivity index (χ2n) is 7.86. The summed E-state index contributed by atoms with van der Waals surface area (Å²) < 4.78 is 7.37. The molecule has 0 saturated carbocycles. The number of benzene rings is 2. The van der Waals surface area contributed by atoms with E-state index in [1.807, 2.05) is 26.0 Å². The second-order valence-corrected chi connectivity index (χ2v) is 8.67. The van der Waals surface area contributed by atoms with Crippen molar-refractivity contribution in [1.29, 1.82) is 0 Å². The summed E-state index contributed by atoms with van der Waals surface area (Å²) in [6, 6.07) is 11.6. The Balaban J connectivity index is 1.49. The fraction of sp³-hybridized carbons (Fsp3) is 0.208. The number of nitrogens with one attached hydrogen (secondary N) is 2. The van der Waals surface area contributed by atoms with Gasteiger partial charge in [-0.1, -0.05) is 35.3 Å². The summed E-state index contributed by atoms with van der Waals surface area (Å²) in [5.41, 5.74) is 3.78. The van der Waals surface area contributed by atoms with Gasteiger partial charge >= 0.3 is 0 Å². The van der Waals surface area contributed by atoms with Gasteiger partial charge < -0.3 is 15.1 Å². The summed E-state index contributed by atoms with van der Waals surface area (Å²) in [4.78, 5) is 25.5. The maximum absolute atomic E-state index is 12.8. The first-order chi connectivity index (χ1) is 15.7. The molecular weight excluding hydrogens is 463 g/mol. The van der Waals surface area contributed by atoms with Crippen LogP contribution in [0.3, 0.4) is 0 Å². The maximum Gasteiger partial charge on any atom is 0.291 e. The van der Waals surface area contributed by atoms with Gasteiger partial charge in [-0.15, -0.1) is 0 Å². The van der Waals surface area contributed by atoms with E-state index >= 15 is 0 Å². The standard InChI is InChI=1S/C24H22Cl2N4O3/c1-12-10-13(2)30(29-12)15(4)23(31)28-20-9-8-16(11-19(20)26)27-24(32)21-14(3)17-6-5-7-18(25)22(17)33-21/h5-11,15H,1-4H3,(H,27,32)(H,28,31). The van der Waals surface area contributed by atoms with Gasteiger partial charge in [-0.25, -0.2) is 0 Å². The molecule has 33 heavy (non-hydrogen) atoms. The molecule has 2 heterocycles. The number of hydrogen-bond acceptors (Lipinski definition) is 4. The molecule has 170 valence electrons. The van der Waals surface area contributed by atoms with E-state index in [-0.39, 0.29) is 16.7 Å². The number of carbonyl (C=O) groups is 2. The van der Waals surface area contributed by atoms with Gasteiger partial charge in [-0.05, 0) is 58.0 Å². The molecule has 2 amide bonds. The SMILES string of the molecule is Cc1cc(C)n(C(C)C(=O)Nc2ccc(NC(=O)c3oc4c(Cl)cccc4c3C)cc2Cl)n1. The van der Waals surface area contributed by atoms with Crippen LogP contribution in [0.1, 0.15) is 40.5 Å². The van der Waals surface area contributed by atoms with Gasteiger partial charge in [0, 0.05) is 22.3 Å². The lowest BCUT2D eigenvalue weighted by Crippen LogP contribution is -2.25. The summed E-state index contributed by atoms with van der Waals surface area (Å²) in [6.07, 6.45) is 0. The predicted molar refractivity (Wildman–Crippen MR) is 130 cm³/mol. The molecule has 2 N–H and O–H groups in total. The third kappa shape index (κ3) is 4.47. The Morgan fingerprint density at radius 1 is 1.03 bits per heavy atom. The number of aryl methyl sites for hydroxylation is 3. The van der Waals surface area contributed by atoms with Gasteiger partial charge in [0.15, 0.2) is 11.3 Å². The predicted octanol–water partition coefficient (Wildman–Crippen LogP) is 6.31. The lowest BCUT2D eigenvalue weighted by atomic mass is 10.1. The first kappa shape index (κ1) is 22.9. The molecule has 4 aromatic rings. The number of nitrogens with zero attached hydrogens (tertiary/aromatic N) is 2. The van der Waals surface area contributed by atoms with Crippen LogP contribution >= 0.6 is 23.2 Å². The Hall–Kier alpha value is -3.29. The first-order valence-corrected chi connectivity index (χ1v) is 11.0. The topological polar surface area (TPSA) is 89.2 Å². The summed E-state index contributed by atoms with van der Waals surface area (Å²) in [6.45, 7) is 7.33. The molecule has 0 fully saturated rings. The fourth-order valence-corrected chi connectivity index (χ4v) is 4.13. The highest BCUT2D eigenvalue weighted by atomic mass is 35.5. The van der Waals surface area contributed by atoms with E-state index in [4.69, 9.17) is 27.6 Å². The van der Waals surface area contributed by atoms with E-state index in [0.29, 0.717) is 27.5 Å². The molecule has 9 heteroatoms. The minimum absolute atomic E-state index is 0.172. The van der Waals surface area contributed by atoms with Crippen molar-refractivity contribution in [3.05, 3.63) is 75.2 Å². The molecule has 0 aliphatic rings. The van der Waals surface area contributed by atoms with Crippen LogP contribution in [-0.2, 0) is 4.79 Å². The highest BCUT2D eigenvalue weighted by Gasteiger charge is 2.21. The second kappa shape index (κ2) is 8.92. The number of rotatable bonds is 5. The normalized spacial score (nSPS) is 12.1. The molecule has 0 aliphatic heterocycles. The molecular formula is C24H22Cl2N4O3. The fourth-order valence-electron chi connectivity index (χ4n) is 3.69. The molecule has 1 atom stereocenters. The van der Waals surface area contributed by atoms with Crippen LogP contribution in [0, 0.1) is 20.8 Å². The quantitative estimate of drug-likeness (QED) is 0.347. The van der Waals surface area contributed by atoms with Crippen molar-refractivity contribution in [3.8, 4) is 0 Å². The van der Waals surface area contributed by atoms with Crippen LogP contribution in [0.25, 0.3) is 11.0 Å².